The number of benzene rings is 1. The molecule has 1 saturated carbocycles. The molecule has 0 unspecified atom stereocenters. The number of carbonyl (C=O) groups is 1. The van der Waals surface area contributed by atoms with Crippen LogP contribution in [-0.4, -0.2) is 40.5 Å². The van der Waals surface area contributed by atoms with E-state index in [1.54, 1.807) is 30.3 Å². The van der Waals surface area contributed by atoms with Crippen LogP contribution in [-0.2, 0) is 16.7 Å². The third-order valence-corrected chi connectivity index (χ3v) is 6.12. The topological polar surface area (TPSA) is 101 Å². The molecule has 2 aromatic rings. The van der Waals surface area contributed by atoms with E-state index < -0.39 is 15.7 Å². The van der Waals surface area contributed by atoms with E-state index in [0.29, 0.717) is 5.56 Å². The molecule has 1 heterocycles. The minimum absolute atomic E-state index is 0.0811. The summed E-state index contributed by atoms with van der Waals surface area (Å²) < 4.78 is 27.1. The molecule has 0 aliphatic heterocycles. The van der Waals surface area contributed by atoms with Crippen LogP contribution < -0.4 is 11.0 Å². The zero-order valence-corrected chi connectivity index (χ0v) is 16.6. The SMILES string of the molecule is CS(=O)(=O)N(Cn1ccc(NC(=O)c2ccccc2)nc1=O)C1CCCCC1. The first-order valence-electron chi connectivity index (χ1n) is 9.25. The molecular weight excluding hydrogens is 380 g/mol. The Labute approximate surface area is 164 Å². The maximum atomic E-state index is 12.4. The lowest BCUT2D eigenvalue weighted by Gasteiger charge is -2.32. The van der Waals surface area contributed by atoms with Gasteiger partial charge in [0.15, 0.2) is 0 Å². The van der Waals surface area contributed by atoms with Gasteiger partial charge in [0, 0.05) is 17.8 Å². The Morgan fingerprint density at radius 2 is 1.86 bits per heavy atom. The summed E-state index contributed by atoms with van der Waals surface area (Å²) in [5.74, 6) is -0.246. The highest BCUT2D eigenvalue weighted by atomic mass is 32.2. The van der Waals surface area contributed by atoms with Gasteiger partial charge in [-0.3, -0.25) is 9.36 Å². The molecule has 1 aliphatic rings. The first kappa shape index (κ1) is 20.2. The molecule has 8 nitrogen and oxygen atoms in total. The van der Waals surface area contributed by atoms with Gasteiger partial charge in [-0.2, -0.15) is 9.29 Å². The summed E-state index contributed by atoms with van der Waals surface area (Å²) in [5, 5.41) is 2.58. The van der Waals surface area contributed by atoms with Gasteiger partial charge in [0.1, 0.15) is 5.82 Å². The van der Waals surface area contributed by atoms with E-state index in [2.05, 4.69) is 10.3 Å². The second-order valence-electron chi connectivity index (χ2n) is 6.97. The number of nitrogens with one attached hydrogen (secondary N) is 1. The van der Waals surface area contributed by atoms with Crippen LogP contribution in [0.5, 0.6) is 0 Å². The van der Waals surface area contributed by atoms with E-state index in [9.17, 15) is 18.0 Å². The normalized spacial score (nSPS) is 15.5. The Kier molecular flexibility index (Phi) is 6.25. The molecule has 1 fully saturated rings. The van der Waals surface area contributed by atoms with E-state index in [1.165, 1.54) is 21.1 Å². The lowest BCUT2D eigenvalue weighted by Crippen LogP contribution is -2.44. The zero-order chi connectivity index (χ0) is 20.1. The molecule has 150 valence electrons. The molecule has 1 aromatic carbocycles. The van der Waals surface area contributed by atoms with Gasteiger partial charge in [-0.25, -0.2) is 13.2 Å². The van der Waals surface area contributed by atoms with Crippen LogP contribution in [0, 0.1) is 0 Å². The number of aromatic nitrogens is 2. The highest BCUT2D eigenvalue weighted by Gasteiger charge is 2.28. The second kappa shape index (κ2) is 8.66. The molecule has 9 heteroatoms. The molecule has 1 amide bonds. The lowest BCUT2D eigenvalue weighted by molar-refractivity contribution is 0.102. The molecule has 0 bridgehead atoms. The third kappa shape index (κ3) is 5.05. The fraction of sp³-hybridized carbons (Fsp3) is 0.421. The van der Waals surface area contributed by atoms with Crippen LogP contribution in [0.1, 0.15) is 42.5 Å². The van der Waals surface area contributed by atoms with Gasteiger partial charge < -0.3 is 5.32 Å². The van der Waals surface area contributed by atoms with E-state index in [-0.39, 0.29) is 24.4 Å². The average molecular weight is 404 g/mol. The molecule has 0 atom stereocenters. The van der Waals surface area contributed by atoms with E-state index in [1.807, 2.05) is 0 Å². The number of carbonyl (C=O) groups excluding carboxylic acids is 1. The van der Waals surface area contributed by atoms with Crippen molar-refractivity contribution in [1.82, 2.24) is 13.9 Å². The summed E-state index contributed by atoms with van der Waals surface area (Å²) in [7, 11) is -3.47. The van der Waals surface area contributed by atoms with Crippen molar-refractivity contribution < 1.29 is 13.2 Å². The van der Waals surface area contributed by atoms with Gasteiger partial charge in [-0.15, -0.1) is 0 Å². The summed E-state index contributed by atoms with van der Waals surface area (Å²) in [6.45, 7) is -0.0811. The van der Waals surface area contributed by atoms with Crippen molar-refractivity contribution in [2.45, 2.75) is 44.8 Å². The standard InChI is InChI=1S/C19H24N4O4S/c1-28(26,27)23(16-10-6-3-7-11-16)14-22-13-12-17(21-19(22)25)20-18(24)15-8-4-2-5-9-15/h2,4-5,8-9,12-13,16H,3,6-7,10-11,14H2,1H3,(H,20,21,24,25). The van der Waals surface area contributed by atoms with Crippen LogP contribution in [0.4, 0.5) is 5.82 Å². The van der Waals surface area contributed by atoms with Crippen molar-refractivity contribution >= 4 is 21.7 Å². The number of anilines is 1. The Morgan fingerprint density at radius 3 is 2.46 bits per heavy atom. The predicted molar refractivity (Wildman–Crippen MR) is 106 cm³/mol. The Morgan fingerprint density at radius 1 is 1.18 bits per heavy atom. The molecule has 1 aliphatic carbocycles. The maximum Gasteiger partial charge on any atom is 0.350 e. The van der Waals surface area contributed by atoms with Crippen molar-refractivity contribution in [2.75, 3.05) is 11.6 Å². The van der Waals surface area contributed by atoms with Crippen molar-refractivity contribution in [3.8, 4) is 0 Å². The van der Waals surface area contributed by atoms with Crippen LogP contribution in [0.15, 0.2) is 47.4 Å². The summed E-state index contributed by atoms with van der Waals surface area (Å²) in [6, 6.07) is 9.99. The molecule has 0 saturated heterocycles. The minimum Gasteiger partial charge on any atom is -0.306 e. The van der Waals surface area contributed by atoms with E-state index in [4.69, 9.17) is 0 Å². The van der Waals surface area contributed by atoms with E-state index in [0.717, 1.165) is 38.4 Å². The highest BCUT2D eigenvalue weighted by molar-refractivity contribution is 7.88. The van der Waals surface area contributed by atoms with Crippen molar-refractivity contribution in [1.29, 1.82) is 0 Å². The Balaban J connectivity index is 1.75. The number of nitrogens with zero attached hydrogens (tertiary/aromatic N) is 3. The predicted octanol–water partition coefficient (Wildman–Crippen LogP) is 2.05. The highest BCUT2D eigenvalue weighted by Crippen LogP contribution is 2.24. The Hall–Kier alpha value is -2.52. The van der Waals surface area contributed by atoms with Crippen molar-refractivity contribution in [2.24, 2.45) is 0 Å². The minimum atomic E-state index is -3.47. The molecule has 0 radical (unpaired) electrons. The zero-order valence-electron chi connectivity index (χ0n) is 15.7. The largest absolute Gasteiger partial charge is 0.350 e. The number of rotatable bonds is 6. The fourth-order valence-electron chi connectivity index (χ4n) is 3.39. The number of sulfonamides is 1. The fourth-order valence-corrected chi connectivity index (χ4v) is 4.48. The molecular formula is C19H24N4O4S. The summed E-state index contributed by atoms with van der Waals surface area (Å²) >= 11 is 0. The number of hydrogen-bond donors (Lipinski definition) is 1. The van der Waals surface area contributed by atoms with Gasteiger partial charge in [-0.05, 0) is 31.0 Å². The smallest absolute Gasteiger partial charge is 0.306 e. The maximum absolute atomic E-state index is 12.4. The summed E-state index contributed by atoms with van der Waals surface area (Å²) in [4.78, 5) is 28.4. The molecule has 1 aromatic heterocycles. The van der Waals surface area contributed by atoms with E-state index >= 15 is 0 Å². The number of amides is 1. The molecule has 28 heavy (non-hydrogen) atoms. The second-order valence-corrected chi connectivity index (χ2v) is 8.90. The molecule has 0 spiro atoms. The summed E-state index contributed by atoms with van der Waals surface area (Å²) in [6.07, 6.45) is 7.26. The van der Waals surface area contributed by atoms with Gasteiger partial charge in [0.25, 0.3) is 5.91 Å². The van der Waals surface area contributed by atoms with Crippen LogP contribution >= 0.6 is 0 Å². The first-order valence-corrected chi connectivity index (χ1v) is 11.1. The number of hydrogen-bond acceptors (Lipinski definition) is 5. The van der Waals surface area contributed by atoms with Crippen LogP contribution in [0.2, 0.25) is 0 Å². The van der Waals surface area contributed by atoms with Gasteiger partial charge in [-0.1, -0.05) is 37.5 Å². The van der Waals surface area contributed by atoms with Crippen LogP contribution in [0.25, 0.3) is 0 Å². The summed E-state index contributed by atoms with van der Waals surface area (Å²) in [5.41, 5.74) is -0.163. The van der Waals surface area contributed by atoms with Crippen molar-refractivity contribution in [3.05, 3.63) is 58.6 Å². The van der Waals surface area contributed by atoms with Crippen LogP contribution in [0.3, 0.4) is 0 Å². The third-order valence-electron chi connectivity index (χ3n) is 4.85. The average Bonchev–Trinajstić information content (AvgIpc) is 2.68. The first-order chi connectivity index (χ1) is 13.3. The lowest BCUT2D eigenvalue weighted by atomic mass is 9.96. The monoisotopic (exact) mass is 404 g/mol. The Bertz CT molecular complexity index is 982. The quantitative estimate of drug-likeness (QED) is 0.794. The van der Waals surface area contributed by atoms with Gasteiger partial charge >= 0.3 is 5.69 Å². The molecule has 1 N–H and O–H groups in total. The van der Waals surface area contributed by atoms with Gasteiger partial charge in [0.05, 0.1) is 12.9 Å². The van der Waals surface area contributed by atoms with Gasteiger partial charge in [0.2, 0.25) is 10.0 Å². The molecule has 3 rings (SSSR count). The van der Waals surface area contributed by atoms with Crippen molar-refractivity contribution in [3.63, 3.8) is 0 Å².